The number of anilines is 1. The number of rotatable bonds is 5. The third kappa shape index (κ3) is 5.34. The second-order valence-corrected chi connectivity index (χ2v) is 6.52. The molecule has 0 spiro atoms. The van der Waals surface area contributed by atoms with Crippen molar-refractivity contribution in [2.24, 2.45) is 0 Å². The Kier molecular flexibility index (Phi) is 6.13. The van der Waals surface area contributed by atoms with Gasteiger partial charge in [0.05, 0.1) is 0 Å². The molecule has 0 aliphatic rings. The molecule has 4 heteroatoms. The number of nitrogens with zero attached hydrogens (tertiary/aromatic N) is 1. The van der Waals surface area contributed by atoms with Gasteiger partial charge >= 0.3 is 0 Å². The molecular weight excluding hydrogens is 302 g/mol. The monoisotopic (exact) mass is 327 g/mol. The van der Waals surface area contributed by atoms with E-state index in [-0.39, 0.29) is 0 Å². The summed E-state index contributed by atoms with van der Waals surface area (Å²) >= 11 is 5.39. The highest BCUT2D eigenvalue weighted by molar-refractivity contribution is 7.80. The van der Waals surface area contributed by atoms with Crippen molar-refractivity contribution < 1.29 is 0 Å². The molecule has 0 saturated heterocycles. The third-order valence-corrected chi connectivity index (χ3v) is 4.07. The Bertz CT molecular complexity index is 663. The summed E-state index contributed by atoms with van der Waals surface area (Å²) in [6, 6.07) is 14.8. The number of benzene rings is 2. The molecule has 0 unspecified atom stereocenters. The van der Waals surface area contributed by atoms with Gasteiger partial charge in [0.25, 0.3) is 0 Å². The number of thiocarbonyl (C=S) groups is 1. The first-order valence-corrected chi connectivity index (χ1v) is 8.20. The summed E-state index contributed by atoms with van der Waals surface area (Å²) in [5.74, 6) is 0. The van der Waals surface area contributed by atoms with Crippen LogP contribution < -0.4 is 10.6 Å². The van der Waals surface area contributed by atoms with Crippen molar-refractivity contribution in [2.45, 2.75) is 26.9 Å². The van der Waals surface area contributed by atoms with Crippen molar-refractivity contribution in [3.8, 4) is 0 Å². The van der Waals surface area contributed by atoms with E-state index in [1.54, 1.807) is 0 Å². The Balaban J connectivity index is 1.88. The van der Waals surface area contributed by atoms with Crippen LogP contribution in [0.5, 0.6) is 0 Å². The molecule has 0 radical (unpaired) electrons. The van der Waals surface area contributed by atoms with E-state index < -0.39 is 0 Å². The molecule has 0 heterocycles. The molecular formula is C19H25N3S. The summed E-state index contributed by atoms with van der Waals surface area (Å²) < 4.78 is 0. The molecule has 2 N–H and O–H groups in total. The van der Waals surface area contributed by atoms with E-state index in [2.05, 4.69) is 73.8 Å². The van der Waals surface area contributed by atoms with Gasteiger partial charge in [0.1, 0.15) is 0 Å². The maximum Gasteiger partial charge on any atom is 0.171 e. The van der Waals surface area contributed by atoms with Crippen molar-refractivity contribution >= 4 is 23.0 Å². The van der Waals surface area contributed by atoms with Crippen LogP contribution in [-0.2, 0) is 13.1 Å². The maximum atomic E-state index is 5.39. The summed E-state index contributed by atoms with van der Waals surface area (Å²) in [5.41, 5.74) is 6.08. The highest BCUT2D eigenvalue weighted by atomic mass is 32.1. The topological polar surface area (TPSA) is 27.3 Å². The van der Waals surface area contributed by atoms with Crippen LogP contribution in [0.2, 0.25) is 0 Å². The van der Waals surface area contributed by atoms with Crippen molar-refractivity contribution in [3.63, 3.8) is 0 Å². The SMILES string of the molecule is Cc1cccc(NC(=S)NCc2ccc(CN(C)C)cc2)c1C. The van der Waals surface area contributed by atoms with Crippen LogP contribution in [0.3, 0.4) is 0 Å². The zero-order valence-corrected chi connectivity index (χ0v) is 15.1. The first-order valence-electron chi connectivity index (χ1n) is 7.79. The lowest BCUT2D eigenvalue weighted by Crippen LogP contribution is -2.28. The first kappa shape index (κ1) is 17.4. The molecule has 23 heavy (non-hydrogen) atoms. The molecule has 0 atom stereocenters. The van der Waals surface area contributed by atoms with Crippen LogP contribution in [-0.4, -0.2) is 24.1 Å². The Morgan fingerprint density at radius 3 is 2.30 bits per heavy atom. The van der Waals surface area contributed by atoms with Gasteiger partial charge in [0.15, 0.2) is 5.11 Å². The summed E-state index contributed by atoms with van der Waals surface area (Å²) in [6.45, 7) is 5.88. The summed E-state index contributed by atoms with van der Waals surface area (Å²) in [5, 5.41) is 7.19. The van der Waals surface area contributed by atoms with Crippen LogP contribution in [0.4, 0.5) is 5.69 Å². The Hall–Kier alpha value is -1.91. The summed E-state index contributed by atoms with van der Waals surface area (Å²) in [6.07, 6.45) is 0. The zero-order chi connectivity index (χ0) is 16.8. The molecule has 3 nitrogen and oxygen atoms in total. The predicted molar refractivity (Wildman–Crippen MR) is 103 cm³/mol. The molecule has 0 fully saturated rings. The fourth-order valence-electron chi connectivity index (χ4n) is 2.36. The summed E-state index contributed by atoms with van der Waals surface area (Å²) in [7, 11) is 4.15. The highest BCUT2D eigenvalue weighted by Gasteiger charge is 2.03. The number of aryl methyl sites for hydroxylation is 1. The average Bonchev–Trinajstić information content (AvgIpc) is 2.51. The van der Waals surface area contributed by atoms with Crippen LogP contribution in [0, 0.1) is 13.8 Å². The minimum Gasteiger partial charge on any atom is -0.358 e. The van der Waals surface area contributed by atoms with Crippen LogP contribution in [0.1, 0.15) is 22.3 Å². The second kappa shape index (κ2) is 8.09. The van der Waals surface area contributed by atoms with E-state index in [9.17, 15) is 0 Å². The van der Waals surface area contributed by atoms with E-state index >= 15 is 0 Å². The fraction of sp³-hybridized carbons (Fsp3) is 0.316. The number of nitrogens with one attached hydrogen (secondary N) is 2. The Morgan fingerprint density at radius 2 is 1.65 bits per heavy atom. The van der Waals surface area contributed by atoms with Crippen molar-refractivity contribution in [1.29, 1.82) is 0 Å². The number of hydrogen-bond acceptors (Lipinski definition) is 2. The van der Waals surface area contributed by atoms with Crippen LogP contribution in [0.25, 0.3) is 0 Å². The second-order valence-electron chi connectivity index (χ2n) is 6.11. The van der Waals surface area contributed by atoms with E-state index in [1.165, 1.54) is 22.3 Å². The van der Waals surface area contributed by atoms with Gasteiger partial charge in [-0.3, -0.25) is 0 Å². The predicted octanol–water partition coefficient (Wildman–Crippen LogP) is 3.85. The lowest BCUT2D eigenvalue weighted by molar-refractivity contribution is 0.402. The van der Waals surface area contributed by atoms with E-state index in [0.29, 0.717) is 5.11 Å². The van der Waals surface area contributed by atoms with E-state index in [0.717, 1.165) is 18.8 Å². The van der Waals surface area contributed by atoms with E-state index in [1.807, 2.05) is 12.1 Å². The molecule has 0 aromatic heterocycles. The van der Waals surface area contributed by atoms with Gasteiger partial charge < -0.3 is 15.5 Å². The molecule has 0 bridgehead atoms. The van der Waals surface area contributed by atoms with Gasteiger partial charge in [0, 0.05) is 18.8 Å². The van der Waals surface area contributed by atoms with Crippen LogP contribution in [0.15, 0.2) is 42.5 Å². The van der Waals surface area contributed by atoms with Crippen molar-refractivity contribution in [2.75, 3.05) is 19.4 Å². The largest absolute Gasteiger partial charge is 0.358 e. The number of hydrogen-bond donors (Lipinski definition) is 2. The molecule has 2 aromatic carbocycles. The lowest BCUT2D eigenvalue weighted by atomic mass is 10.1. The smallest absolute Gasteiger partial charge is 0.171 e. The van der Waals surface area contributed by atoms with E-state index in [4.69, 9.17) is 12.2 Å². The molecule has 122 valence electrons. The molecule has 0 aliphatic carbocycles. The van der Waals surface area contributed by atoms with Crippen LogP contribution >= 0.6 is 12.2 Å². The third-order valence-electron chi connectivity index (χ3n) is 3.83. The van der Waals surface area contributed by atoms with Crippen molar-refractivity contribution in [3.05, 3.63) is 64.7 Å². The normalized spacial score (nSPS) is 10.7. The van der Waals surface area contributed by atoms with Gasteiger partial charge in [-0.15, -0.1) is 0 Å². The fourth-order valence-corrected chi connectivity index (χ4v) is 2.55. The standard InChI is InChI=1S/C19H25N3S/c1-14-6-5-7-18(15(14)2)21-19(23)20-12-16-8-10-17(11-9-16)13-22(3)4/h5-11H,12-13H2,1-4H3,(H2,20,21,23). The Morgan fingerprint density at radius 1 is 1.00 bits per heavy atom. The van der Waals surface area contributed by atoms with Gasteiger partial charge in [-0.05, 0) is 68.5 Å². The van der Waals surface area contributed by atoms with Gasteiger partial charge in [0.2, 0.25) is 0 Å². The first-order chi connectivity index (χ1) is 11.0. The molecule has 2 rings (SSSR count). The van der Waals surface area contributed by atoms with Gasteiger partial charge in [-0.2, -0.15) is 0 Å². The molecule has 2 aromatic rings. The maximum absolute atomic E-state index is 5.39. The minimum absolute atomic E-state index is 0.649. The van der Waals surface area contributed by atoms with Gasteiger partial charge in [-0.25, -0.2) is 0 Å². The molecule has 0 saturated carbocycles. The zero-order valence-electron chi connectivity index (χ0n) is 14.3. The Labute approximate surface area is 144 Å². The molecule has 0 amide bonds. The molecule has 0 aliphatic heterocycles. The highest BCUT2D eigenvalue weighted by Crippen LogP contribution is 2.17. The average molecular weight is 327 g/mol. The van der Waals surface area contributed by atoms with Gasteiger partial charge in [-0.1, -0.05) is 36.4 Å². The van der Waals surface area contributed by atoms with Crippen molar-refractivity contribution in [1.82, 2.24) is 10.2 Å². The summed E-state index contributed by atoms with van der Waals surface area (Å²) in [4.78, 5) is 2.16. The minimum atomic E-state index is 0.649. The lowest BCUT2D eigenvalue weighted by Gasteiger charge is -2.14. The quantitative estimate of drug-likeness (QED) is 0.816.